The molecule has 0 saturated carbocycles. The zero-order valence-corrected chi connectivity index (χ0v) is 17.3. The van der Waals surface area contributed by atoms with Crippen LogP contribution in [0.2, 0.25) is 0 Å². The average Bonchev–Trinajstić information content (AvgIpc) is 2.79. The molecule has 0 aliphatic carbocycles. The van der Waals surface area contributed by atoms with Crippen molar-refractivity contribution in [3.05, 3.63) is 46.0 Å². The highest BCUT2D eigenvalue weighted by molar-refractivity contribution is 14.1. The van der Waals surface area contributed by atoms with Crippen molar-refractivity contribution in [2.75, 3.05) is 24.3 Å². The fourth-order valence-electron chi connectivity index (χ4n) is 3.14. The van der Waals surface area contributed by atoms with Crippen molar-refractivity contribution in [1.29, 1.82) is 0 Å². The van der Waals surface area contributed by atoms with Crippen molar-refractivity contribution in [1.82, 2.24) is 0 Å². The topological polar surface area (TPSA) is 12.5 Å². The summed E-state index contributed by atoms with van der Waals surface area (Å²) in [5, 5.41) is 0. The van der Waals surface area contributed by atoms with Crippen molar-refractivity contribution < 1.29 is 4.74 Å². The highest BCUT2D eigenvalue weighted by Gasteiger charge is 2.24. The summed E-state index contributed by atoms with van der Waals surface area (Å²) in [5.41, 5.74) is 2.60. The smallest absolute Gasteiger partial charge is 0.133 e. The summed E-state index contributed by atoms with van der Waals surface area (Å²) in [7, 11) is 1.75. The van der Waals surface area contributed by atoms with Gasteiger partial charge in [-0.3, -0.25) is 0 Å². The number of rotatable bonds is 5. The Balaban J connectivity index is 2.00. The van der Waals surface area contributed by atoms with Crippen LogP contribution in [0.3, 0.4) is 0 Å². The van der Waals surface area contributed by atoms with Crippen molar-refractivity contribution in [3.63, 3.8) is 0 Å². The van der Waals surface area contributed by atoms with E-state index in [1.807, 2.05) is 11.8 Å². The minimum Gasteiger partial charge on any atom is -0.496 e. The maximum absolute atomic E-state index is 5.55. The lowest BCUT2D eigenvalue weighted by atomic mass is 10.0. The summed E-state index contributed by atoms with van der Waals surface area (Å²) in [4.78, 5) is 3.83. The van der Waals surface area contributed by atoms with Crippen LogP contribution in [0.1, 0.15) is 26.2 Å². The standard InChI is InChI=1S/C20H24INOS/c1-3-4-8-15-13-22(16-9-6-5-7-10-16)18-11-17(21)19(23-2)12-20(18)24-14-15/h5-7,9-12,15H,3-4,8,13-14H2,1-2H3. The van der Waals surface area contributed by atoms with E-state index in [1.54, 1.807) is 7.11 Å². The number of fused-ring (bicyclic) bond motifs is 1. The molecule has 0 radical (unpaired) electrons. The summed E-state index contributed by atoms with van der Waals surface area (Å²) in [6.07, 6.45) is 3.88. The number of hydrogen-bond acceptors (Lipinski definition) is 3. The number of anilines is 2. The number of ether oxygens (including phenoxy) is 1. The first kappa shape index (κ1) is 17.9. The van der Waals surface area contributed by atoms with Crippen LogP contribution in [0.15, 0.2) is 47.4 Å². The first-order valence-electron chi connectivity index (χ1n) is 8.55. The van der Waals surface area contributed by atoms with E-state index in [4.69, 9.17) is 4.74 Å². The van der Waals surface area contributed by atoms with Gasteiger partial charge in [0.2, 0.25) is 0 Å². The van der Waals surface area contributed by atoms with Gasteiger partial charge in [-0.15, -0.1) is 11.8 Å². The molecule has 0 aromatic heterocycles. The molecule has 1 heterocycles. The highest BCUT2D eigenvalue weighted by Crippen LogP contribution is 2.43. The molecule has 1 aliphatic heterocycles. The van der Waals surface area contributed by atoms with E-state index in [0.29, 0.717) is 5.92 Å². The van der Waals surface area contributed by atoms with Crippen LogP contribution in [0.4, 0.5) is 11.4 Å². The summed E-state index contributed by atoms with van der Waals surface area (Å²) >= 11 is 4.36. The van der Waals surface area contributed by atoms with Gasteiger partial charge in [0.05, 0.1) is 16.4 Å². The lowest BCUT2D eigenvalue weighted by Crippen LogP contribution is -2.25. The molecule has 0 bridgehead atoms. The molecule has 1 aliphatic rings. The number of thioether (sulfide) groups is 1. The normalized spacial score (nSPS) is 17.3. The maximum atomic E-state index is 5.55. The second-order valence-electron chi connectivity index (χ2n) is 6.22. The second kappa shape index (κ2) is 8.48. The minimum absolute atomic E-state index is 0.714. The Kier molecular flexibility index (Phi) is 6.33. The molecule has 4 heteroatoms. The van der Waals surface area contributed by atoms with Crippen LogP contribution < -0.4 is 9.64 Å². The van der Waals surface area contributed by atoms with E-state index in [1.165, 1.54) is 44.9 Å². The van der Waals surface area contributed by atoms with Gasteiger partial charge in [0, 0.05) is 22.9 Å². The first-order valence-corrected chi connectivity index (χ1v) is 10.6. The third-order valence-corrected chi connectivity index (χ3v) is 6.59. The van der Waals surface area contributed by atoms with Crippen molar-refractivity contribution >= 4 is 45.7 Å². The number of hydrogen-bond donors (Lipinski definition) is 0. The molecule has 2 aromatic rings. The molecular weight excluding hydrogens is 429 g/mol. The lowest BCUT2D eigenvalue weighted by molar-refractivity contribution is 0.410. The van der Waals surface area contributed by atoms with Gasteiger partial charge in [-0.2, -0.15) is 0 Å². The molecule has 24 heavy (non-hydrogen) atoms. The fraction of sp³-hybridized carbons (Fsp3) is 0.400. The van der Waals surface area contributed by atoms with Crippen LogP contribution in [-0.4, -0.2) is 19.4 Å². The zero-order valence-electron chi connectivity index (χ0n) is 14.3. The molecule has 0 amide bonds. The molecular formula is C20H24INOS. The lowest BCUT2D eigenvalue weighted by Gasteiger charge is -2.28. The number of halogens is 1. The molecule has 128 valence electrons. The van der Waals surface area contributed by atoms with Crippen LogP contribution in [-0.2, 0) is 0 Å². The average molecular weight is 453 g/mol. The van der Waals surface area contributed by atoms with Gasteiger partial charge in [-0.1, -0.05) is 38.0 Å². The van der Waals surface area contributed by atoms with Crippen LogP contribution >= 0.6 is 34.4 Å². The second-order valence-corrected chi connectivity index (χ2v) is 8.44. The Hall–Kier alpha value is -0.880. The van der Waals surface area contributed by atoms with Crippen molar-refractivity contribution in [2.24, 2.45) is 5.92 Å². The van der Waals surface area contributed by atoms with Crippen LogP contribution in [0, 0.1) is 9.49 Å². The number of unbranched alkanes of at least 4 members (excludes halogenated alkanes) is 1. The maximum Gasteiger partial charge on any atom is 0.133 e. The van der Waals surface area contributed by atoms with E-state index in [9.17, 15) is 0 Å². The van der Waals surface area contributed by atoms with Gasteiger partial charge in [0.25, 0.3) is 0 Å². The Morgan fingerprint density at radius 1 is 1.25 bits per heavy atom. The summed E-state index contributed by atoms with van der Waals surface area (Å²) < 4.78 is 6.71. The van der Waals surface area contributed by atoms with E-state index in [0.717, 1.165) is 12.3 Å². The van der Waals surface area contributed by atoms with E-state index in [-0.39, 0.29) is 0 Å². The number of benzene rings is 2. The first-order chi connectivity index (χ1) is 11.7. The molecule has 3 rings (SSSR count). The van der Waals surface area contributed by atoms with Gasteiger partial charge in [0.1, 0.15) is 5.75 Å². The van der Waals surface area contributed by atoms with Gasteiger partial charge < -0.3 is 9.64 Å². The predicted octanol–water partition coefficient (Wildman–Crippen LogP) is 6.35. The summed E-state index contributed by atoms with van der Waals surface area (Å²) in [5.74, 6) is 2.87. The monoisotopic (exact) mass is 453 g/mol. The van der Waals surface area contributed by atoms with Gasteiger partial charge in [-0.05, 0) is 59.2 Å². The molecule has 1 atom stereocenters. The molecule has 0 saturated heterocycles. The summed E-state index contributed by atoms with van der Waals surface area (Å²) in [6, 6.07) is 15.3. The van der Waals surface area contributed by atoms with Gasteiger partial charge >= 0.3 is 0 Å². The van der Waals surface area contributed by atoms with E-state index in [2.05, 4.69) is 76.9 Å². The molecule has 0 N–H and O–H groups in total. The molecule has 0 spiro atoms. The minimum atomic E-state index is 0.714. The molecule has 1 unspecified atom stereocenters. The zero-order chi connectivity index (χ0) is 16.9. The number of nitrogens with zero attached hydrogens (tertiary/aromatic N) is 1. The Morgan fingerprint density at radius 2 is 2.04 bits per heavy atom. The van der Waals surface area contributed by atoms with Crippen molar-refractivity contribution in [3.8, 4) is 5.75 Å². The SMILES string of the molecule is CCCCC1CSc2cc(OC)c(I)cc2N(c2ccccc2)C1. The van der Waals surface area contributed by atoms with E-state index >= 15 is 0 Å². The van der Waals surface area contributed by atoms with Crippen LogP contribution in [0.25, 0.3) is 0 Å². The molecule has 2 aromatic carbocycles. The largest absolute Gasteiger partial charge is 0.496 e. The Bertz CT molecular complexity index is 677. The van der Waals surface area contributed by atoms with Gasteiger partial charge in [0.15, 0.2) is 0 Å². The fourth-order valence-corrected chi connectivity index (χ4v) is 5.01. The van der Waals surface area contributed by atoms with Gasteiger partial charge in [-0.25, -0.2) is 0 Å². The Labute approximate surface area is 163 Å². The number of methoxy groups -OCH3 is 1. The third kappa shape index (κ3) is 4.02. The van der Waals surface area contributed by atoms with Crippen LogP contribution in [0.5, 0.6) is 5.75 Å². The third-order valence-electron chi connectivity index (χ3n) is 4.47. The van der Waals surface area contributed by atoms with Crippen molar-refractivity contribution in [2.45, 2.75) is 31.1 Å². The molecule has 0 fully saturated rings. The number of para-hydroxylation sites is 1. The summed E-state index contributed by atoms with van der Waals surface area (Å²) in [6.45, 7) is 3.37. The Morgan fingerprint density at radius 3 is 2.75 bits per heavy atom. The quantitative estimate of drug-likeness (QED) is 0.490. The predicted molar refractivity (Wildman–Crippen MR) is 113 cm³/mol. The molecule has 2 nitrogen and oxygen atoms in total. The highest BCUT2D eigenvalue weighted by atomic mass is 127. The van der Waals surface area contributed by atoms with E-state index < -0.39 is 0 Å².